The third kappa shape index (κ3) is 8.48. The summed E-state index contributed by atoms with van der Waals surface area (Å²) in [5, 5.41) is 0. The predicted molar refractivity (Wildman–Crippen MR) is 116 cm³/mol. The van der Waals surface area contributed by atoms with Gasteiger partial charge in [-0.05, 0) is 49.9 Å². The Morgan fingerprint density at radius 1 is 0.966 bits per heavy atom. The molecule has 0 saturated carbocycles. The molecule has 1 aromatic heterocycles. The molecule has 29 heavy (non-hydrogen) atoms. The highest BCUT2D eigenvalue weighted by Gasteiger charge is 2.10. The molecule has 160 valence electrons. The van der Waals surface area contributed by atoms with Gasteiger partial charge in [0, 0.05) is 24.6 Å². The summed E-state index contributed by atoms with van der Waals surface area (Å²) in [6.07, 6.45) is 13.0. The molecule has 2 aromatic rings. The van der Waals surface area contributed by atoms with Gasteiger partial charge in [0.2, 0.25) is 0 Å². The third-order valence-electron chi connectivity index (χ3n) is 4.84. The zero-order valence-corrected chi connectivity index (χ0v) is 18.1. The normalized spacial score (nSPS) is 12.1. The van der Waals surface area contributed by atoms with Gasteiger partial charge in [0.15, 0.2) is 17.4 Å². The number of aromatic nitrogens is 2. The lowest BCUT2D eigenvalue weighted by atomic mass is 10.1. The molecule has 0 spiro atoms. The molecule has 0 aliphatic carbocycles. The number of benzene rings is 1. The molecule has 4 nitrogen and oxygen atoms in total. The van der Waals surface area contributed by atoms with Crippen molar-refractivity contribution in [3.63, 3.8) is 0 Å². The minimum atomic E-state index is -0.410. The van der Waals surface area contributed by atoms with Crippen LogP contribution in [0.25, 0.3) is 11.4 Å². The van der Waals surface area contributed by atoms with E-state index in [0.717, 1.165) is 31.2 Å². The fraction of sp³-hybridized carbons (Fsp3) is 0.583. The van der Waals surface area contributed by atoms with E-state index in [1.807, 2.05) is 19.3 Å². The Bertz CT molecular complexity index is 707. The molecule has 0 aliphatic heterocycles. The van der Waals surface area contributed by atoms with Gasteiger partial charge in [-0.15, -0.1) is 0 Å². The highest BCUT2D eigenvalue weighted by Crippen LogP contribution is 2.24. The molecule has 2 rings (SSSR count). The van der Waals surface area contributed by atoms with Crippen molar-refractivity contribution in [1.29, 1.82) is 0 Å². The zero-order valence-electron chi connectivity index (χ0n) is 18.1. The smallest absolute Gasteiger partial charge is 0.165 e. The first-order chi connectivity index (χ1) is 14.1. The van der Waals surface area contributed by atoms with E-state index in [9.17, 15) is 4.39 Å². The number of hydrogen-bond acceptors (Lipinski definition) is 4. The Hall–Kier alpha value is -2.01. The summed E-state index contributed by atoms with van der Waals surface area (Å²) in [6.45, 7) is 7.30. The molecule has 1 heterocycles. The van der Waals surface area contributed by atoms with Gasteiger partial charge in [-0.1, -0.05) is 46.0 Å². The van der Waals surface area contributed by atoms with Gasteiger partial charge in [0.05, 0.1) is 6.10 Å². The maximum Gasteiger partial charge on any atom is 0.165 e. The summed E-state index contributed by atoms with van der Waals surface area (Å²) < 4.78 is 25.6. The van der Waals surface area contributed by atoms with Gasteiger partial charge < -0.3 is 9.47 Å². The molecule has 1 unspecified atom stereocenters. The highest BCUT2D eigenvalue weighted by molar-refractivity contribution is 5.56. The molecule has 0 amide bonds. The fourth-order valence-corrected chi connectivity index (χ4v) is 3.01. The molecule has 0 N–H and O–H groups in total. The SMILES string of the molecule is CCCCCCCc1cnc(-c2ccc(OCC(C)OCCCC)c(F)c2)nc1. The van der Waals surface area contributed by atoms with Gasteiger partial charge in [-0.2, -0.15) is 0 Å². The van der Waals surface area contributed by atoms with Crippen LogP contribution in [0.4, 0.5) is 4.39 Å². The van der Waals surface area contributed by atoms with E-state index in [1.54, 1.807) is 12.1 Å². The van der Waals surface area contributed by atoms with Crippen LogP contribution < -0.4 is 4.74 Å². The number of rotatable bonds is 14. The Labute approximate surface area is 174 Å². The van der Waals surface area contributed by atoms with Crippen LogP contribution in [0.5, 0.6) is 5.75 Å². The minimum absolute atomic E-state index is 0.0709. The fourth-order valence-electron chi connectivity index (χ4n) is 3.01. The van der Waals surface area contributed by atoms with E-state index in [2.05, 4.69) is 23.8 Å². The van der Waals surface area contributed by atoms with E-state index in [4.69, 9.17) is 9.47 Å². The van der Waals surface area contributed by atoms with Crippen LogP contribution in [-0.4, -0.2) is 29.3 Å². The molecular formula is C24H35FN2O2. The lowest BCUT2D eigenvalue weighted by Gasteiger charge is -2.14. The van der Waals surface area contributed by atoms with Gasteiger partial charge in [-0.25, -0.2) is 14.4 Å². The third-order valence-corrected chi connectivity index (χ3v) is 4.84. The van der Waals surface area contributed by atoms with Crippen LogP contribution in [0.3, 0.4) is 0 Å². The molecule has 0 saturated heterocycles. The van der Waals surface area contributed by atoms with Crippen molar-refractivity contribution in [2.75, 3.05) is 13.2 Å². The summed E-state index contributed by atoms with van der Waals surface area (Å²) in [7, 11) is 0. The van der Waals surface area contributed by atoms with Crippen LogP contribution in [0.1, 0.15) is 71.3 Å². The first-order valence-corrected chi connectivity index (χ1v) is 11.0. The summed E-state index contributed by atoms with van der Waals surface area (Å²) in [4.78, 5) is 8.82. The van der Waals surface area contributed by atoms with Crippen LogP contribution in [0.15, 0.2) is 30.6 Å². The van der Waals surface area contributed by atoms with Crippen molar-refractivity contribution < 1.29 is 13.9 Å². The molecule has 0 fully saturated rings. The highest BCUT2D eigenvalue weighted by atomic mass is 19.1. The summed E-state index contributed by atoms with van der Waals surface area (Å²) in [5.41, 5.74) is 1.78. The van der Waals surface area contributed by atoms with Gasteiger partial charge in [-0.3, -0.25) is 0 Å². The van der Waals surface area contributed by atoms with Gasteiger partial charge >= 0.3 is 0 Å². The summed E-state index contributed by atoms with van der Waals surface area (Å²) in [5.74, 6) is 0.344. The number of hydrogen-bond donors (Lipinski definition) is 0. The second kappa shape index (κ2) is 13.3. The molecule has 0 bridgehead atoms. The molecular weight excluding hydrogens is 367 g/mol. The Morgan fingerprint density at radius 3 is 2.38 bits per heavy atom. The summed E-state index contributed by atoms with van der Waals surface area (Å²) >= 11 is 0. The van der Waals surface area contributed by atoms with Crippen molar-refractivity contribution in [3.8, 4) is 17.1 Å². The van der Waals surface area contributed by atoms with E-state index in [-0.39, 0.29) is 11.9 Å². The zero-order chi connectivity index (χ0) is 20.9. The Kier molecular flexibility index (Phi) is 10.6. The largest absolute Gasteiger partial charge is 0.488 e. The molecule has 1 aromatic carbocycles. The molecule has 1 atom stereocenters. The average Bonchev–Trinajstić information content (AvgIpc) is 2.73. The number of unbranched alkanes of at least 4 members (excludes halogenated alkanes) is 5. The topological polar surface area (TPSA) is 44.2 Å². The van der Waals surface area contributed by atoms with Crippen molar-refractivity contribution in [1.82, 2.24) is 9.97 Å². The number of aryl methyl sites for hydroxylation is 1. The summed E-state index contributed by atoms with van der Waals surface area (Å²) in [6, 6.07) is 4.85. The second-order valence-corrected chi connectivity index (χ2v) is 7.57. The lowest BCUT2D eigenvalue weighted by Crippen LogP contribution is -2.19. The van der Waals surface area contributed by atoms with Crippen LogP contribution in [-0.2, 0) is 11.2 Å². The number of ether oxygens (including phenoxy) is 2. The lowest BCUT2D eigenvalue weighted by molar-refractivity contribution is 0.0299. The first kappa shape index (κ1) is 23.3. The second-order valence-electron chi connectivity index (χ2n) is 7.57. The Balaban J connectivity index is 1.85. The van der Waals surface area contributed by atoms with Crippen molar-refractivity contribution in [3.05, 3.63) is 42.0 Å². The number of nitrogens with zero attached hydrogens (tertiary/aromatic N) is 2. The van der Waals surface area contributed by atoms with Crippen LogP contribution in [0.2, 0.25) is 0 Å². The first-order valence-electron chi connectivity index (χ1n) is 11.0. The standard InChI is InChI=1S/C24H35FN2O2/c1-4-6-8-9-10-11-20-16-26-24(27-17-20)21-12-13-23(22(25)15-21)29-18-19(3)28-14-7-5-2/h12-13,15-17,19H,4-11,14,18H2,1-3H3. The maximum absolute atomic E-state index is 14.4. The van der Waals surface area contributed by atoms with Gasteiger partial charge in [0.1, 0.15) is 6.61 Å². The predicted octanol–water partition coefficient (Wildman–Crippen LogP) is 6.38. The van der Waals surface area contributed by atoms with E-state index in [1.165, 1.54) is 31.7 Å². The van der Waals surface area contributed by atoms with Crippen molar-refractivity contribution in [2.45, 2.75) is 78.2 Å². The van der Waals surface area contributed by atoms with Crippen LogP contribution in [0, 0.1) is 5.82 Å². The van der Waals surface area contributed by atoms with E-state index >= 15 is 0 Å². The molecule has 0 radical (unpaired) electrons. The van der Waals surface area contributed by atoms with E-state index in [0.29, 0.717) is 24.6 Å². The van der Waals surface area contributed by atoms with Gasteiger partial charge in [0.25, 0.3) is 0 Å². The monoisotopic (exact) mass is 402 g/mol. The van der Waals surface area contributed by atoms with Crippen molar-refractivity contribution in [2.24, 2.45) is 0 Å². The van der Waals surface area contributed by atoms with Crippen LogP contribution >= 0.6 is 0 Å². The minimum Gasteiger partial charge on any atom is -0.488 e. The maximum atomic E-state index is 14.4. The number of halogens is 1. The van der Waals surface area contributed by atoms with E-state index < -0.39 is 5.82 Å². The Morgan fingerprint density at radius 2 is 1.69 bits per heavy atom. The quantitative estimate of drug-likeness (QED) is 0.344. The van der Waals surface area contributed by atoms with Crippen molar-refractivity contribution >= 4 is 0 Å². The molecule has 0 aliphatic rings. The average molecular weight is 403 g/mol. The molecule has 5 heteroatoms.